The van der Waals surface area contributed by atoms with Gasteiger partial charge in [0.25, 0.3) is 0 Å². The average molecular weight is 211 g/mol. The number of hydrogen-bond acceptors (Lipinski definition) is 3. The van der Waals surface area contributed by atoms with E-state index in [2.05, 4.69) is 21.8 Å². The summed E-state index contributed by atoms with van der Waals surface area (Å²) in [7, 11) is 0. The smallest absolute Gasteiger partial charge is 0.105 e. The lowest BCUT2D eigenvalue weighted by molar-refractivity contribution is 0.170. The SMILES string of the molecule is Cc1nccn1CCNC(C)CC(C)O. The topological polar surface area (TPSA) is 50.1 Å². The van der Waals surface area contributed by atoms with Crippen LogP contribution < -0.4 is 5.32 Å². The molecule has 0 aromatic carbocycles. The fourth-order valence-electron chi connectivity index (χ4n) is 1.67. The first-order valence-corrected chi connectivity index (χ1v) is 5.48. The molecular weight excluding hydrogens is 190 g/mol. The zero-order chi connectivity index (χ0) is 11.3. The Labute approximate surface area is 91.3 Å². The van der Waals surface area contributed by atoms with Crippen LogP contribution in [0.4, 0.5) is 0 Å². The molecule has 2 atom stereocenters. The largest absolute Gasteiger partial charge is 0.393 e. The third-order valence-corrected chi connectivity index (χ3v) is 2.46. The van der Waals surface area contributed by atoms with Gasteiger partial charge >= 0.3 is 0 Å². The summed E-state index contributed by atoms with van der Waals surface area (Å²) in [6.07, 6.45) is 4.36. The molecule has 0 saturated heterocycles. The lowest BCUT2D eigenvalue weighted by Gasteiger charge is -2.15. The van der Waals surface area contributed by atoms with E-state index < -0.39 is 0 Å². The van der Waals surface area contributed by atoms with Gasteiger partial charge in [-0.2, -0.15) is 0 Å². The number of nitrogens with zero attached hydrogens (tertiary/aromatic N) is 2. The molecule has 1 aromatic heterocycles. The van der Waals surface area contributed by atoms with Crippen LogP contribution in [0.5, 0.6) is 0 Å². The van der Waals surface area contributed by atoms with Crippen LogP contribution in [0, 0.1) is 6.92 Å². The summed E-state index contributed by atoms with van der Waals surface area (Å²) in [5, 5.41) is 12.6. The maximum atomic E-state index is 9.19. The number of aryl methyl sites for hydroxylation is 1. The molecule has 15 heavy (non-hydrogen) atoms. The number of hydrogen-bond donors (Lipinski definition) is 2. The Morgan fingerprint density at radius 1 is 1.53 bits per heavy atom. The van der Waals surface area contributed by atoms with E-state index in [-0.39, 0.29) is 6.10 Å². The number of rotatable bonds is 6. The number of aliphatic hydroxyl groups is 1. The van der Waals surface area contributed by atoms with Crippen molar-refractivity contribution in [2.24, 2.45) is 0 Å². The van der Waals surface area contributed by atoms with Crippen molar-refractivity contribution in [3.05, 3.63) is 18.2 Å². The lowest BCUT2D eigenvalue weighted by atomic mass is 10.1. The highest BCUT2D eigenvalue weighted by Crippen LogP contribution is 1.97. The second-order valence-corrected chi connectivity index (χ2v) is 4.11. The zero-order valence-corrected chi connectivity index (χ0v) is 9.77. The lowest BCUT2D eigenvalue weighted by Crippen LogP contribution is -2.31. The molecule has 0 amide bonds. The Kier molecular flexibility index (Phi) is 4.78. The minimum absolute atomic E-state index is 0.234. The summed E-state index contributed by atoms with van der Waals surface area (Å²) >= 11 is 0. The Balaban J connectivity index is 2.19. The molecule has 0 radical (unpaired) electrons. The van der Waals surface area contributed by atoms with E-state index in [1.54, 1.807) is 0 Å². The molecule has 0 spiro atoms. The van der Waals surface area contributed by atoms with Crippen molar-refractivity contribution in [3.63, 3.8) is 0 Å². The van der Waals surface area contributed by atoms with Gasteiger partial charge in [-0.05, 0) is 27.2 Å². The minimum atomic E-state index is -0.234. The van der Waals surface area contributed by atoms with Crippen LogP contribution in [0.3, 0.4) is 0 Å². The molecule has 1 heterocycles. The van der Waals surface area contributed by atoms with Gasteiger partial charge in [-0.15, -0.1) is 0 Å². The van der Waals surface area contributed by atoms with Gasteiger partial charge in [0.2, 0.25) is 0 Å². The highest BCUT2D eigenvalue weighted by Gasteiger charge is 2.04. The first-order chi connectivity index (χ1) is 7.09. The first-order valence-electron chi connectivity index (χ1n) is 5.48. The molecule has 4 nitrogen and oxygen atoms in total. The monoisotopic (exact) mass is 211 g/mol. The highest BCUT2D eigenvalue weighted by atomic mass is 16.3. The van der Waals surface area contributed by atoms with Crippen LogP contribution in [0.15, 0.2) is 12.4 Å². The van der Waals surface area contributed by atoms with Gasteiger partial charge in [0, 0.05) is 31.5 Å². The van der Waals surface area contributed by atoms with Gasteiger partial charge in [-0.3, -0.25) is 0 Å². The van der Waals surface area contributed by atoms with E-state index >= 15 is 0 Å². The normalized spacial score (nSPS) is 15.2. The fourth-order valence-corrected chi connectivity index (χ4v) is 1.67. The Bertz CT molecular complexity index is 283. The molecule has 0 aliphatic rings. The first kappa shape index (κ1) is 12.2. The molecule has 2 unspecified atom stereocenters. The molecule has 0 bridgehead atoms. The van der Waals surface area contributed by atoms with E-state index in [0.29, 0.717) is 6.04 Å². The molecule has 1 aromatic rings. The van der Waals surface area contributed by atoms with Crippen molar-refractivity contribution >= 4 is 0 Å². The molecule has 0 fully saturated rings. The predicted molar refractivity (Wildman–Crippen MR) is 60.7 cm³/mol. The van der Waals surface area contributed by atoms with Crippen LogP contribution in [0.2, 0.25) is 0 Å². The van der Waals surface area contributed by atoms with Crippen molar-refractivity contribution in [2.75, 3.05) is 6.54 Å². The number of imidazole rings is 1. The van der Waals surface area contributed by atoms with Gasteiger partial charge in [-0.25, -0.2) is 4.98 Å². The van der Waals surface area contributed by atoms with Crippen molar-refractivity contribution in [2.45, 2.75) is 45.9 Å². The van der Waals surface area contributed by atoms with E-state index in [1.165, 1.54) is 0 Å². The summed E-state index contributed by atoms with van der Waals surface area (Å²) in [6.45, 7) is 7.74. The second kappa shape index (κ2) is 5.88. The molecular formula is C11H21N3O. The molecule has 86 valence electrons. The molecule has 2 N–H and O–H groups in total. The Morgan fingerprint density at radius 2 is 2.27 bits per heavy atom. The summed E-state index contributed by atoms with van der Waals surface area (Å²) in [5.74, 6) is 1.04. The van der Waals surface area contributed by atoms with Crippen LogP contribution in [-0.2, 0) is 6.54 Å². The highest BCUT2D eigenvalue weighted by molar-refractivity contribution is 4.88. The van der Waals surface area contributed by atoms with Crippen LogP contribution in [0.25, 0.3) is 0 Å². The van der Waals surface area contributed by atoms with E-state index in [9.17, 15) is 5.11 Å². The van der Waals surface area contributed by atoms with Gasteiger partial charge in [0.1, 0.15) is 5.82 Å². The van der Waals surface area contributed by atoms with Gasteiger partial charge in [-0.1, -0.05) is 0 Å². The molecule has 0 saturated carbocycles. The van der Waals surface area contributed by atoms with Crippen molar-refractivity contribution in [1.29, 1.82) is 0 Å². The number of aromatic nitrogens is 2. The maximum Gasteiger partial charge on any atom is 0.105 e. The fraction of sp³-hybridized carbons (Fsp3) is 0.727. The van der Waals surface area contributed by atoms with Crippen LogP contribution >= 0.6 is 0 Å². The standard InChI is InChI=1S/C11H21N3O/c1-9(8-10(2)15)12-4-6-14-7-5-13-11(14)3/h5,7,9-10,12,15H,4,6,8H2,1-3H3. The van der Waals surface area contributed by atoms with Gasteiger partial charge in [0.05, 0.1) is 6.10 Å². The van der Waals surface area contributed by atoms with Crippen molar-refractivity contribution < 1.29 is 5.11 Å². The van der Waals surface area contributed by atoms with Crippen molar-refractivity contribution in [3.8, 4) is 0 Å². The van der Waals surface area contributed by atoms with Gasteiger partial charge in [0.15, 0.2) is 0 Å². The summed E-state index contributed by atoms with van der Waals surface area (Å²) in [6, 6.07) is 0.355. The zero-order valence-electron chi connectivity index (χ0n) is 9.77. The van der Waals surface area contributed by atoms with E-state index in [1.807, 2.05) is 26.2 Å². The summed E-state index contributed by atoms with van der Waals surface area (Å²) < 4.78 is 2.11. The van der Waals surface area contributed by atoms with Gasteiger partial charge < -0.3 is 15.0 Å². The Hall–Kier alpha value is -0.870. The average Bonchev–Trinajstić information content (AvgIpc) is 2.50. The molecule has 0 aliphatic carbocycles. The predicted octanol–water partition coefficient (Wildman–Crippen LogP) is 0.941. The molecule has 1 rings (SSSR count). The summed E-state index contributed by atoms with van der Waals surface area (Å²) in [4.78, 5) is 4.16. The number of nitrogens with one attached hydrogen (secondary N) is 1. The molecule has 0 aliphatic heterocycles. The van der Waals surface area contributed by atoms with Crippen LogP contribution in [-0.4, -0.2) is 33.3 Å². The minimum Gasteiger partial charge on any atom is -0.393 e. The summed E-state index contributed by atoms with van der Waals surface area (Å²) in [5.41, 5.74) is 0. The van der Waals surface area contributed by atoms with E-state index in [4.69, 9.17) is 0 Å². The quantitative estimate of drug-likeness (QED) is 0.736. The van der Waals surface area contributed by atoms with Crippen molar-refractivity contribution in [1.82, 2.24) is 14.9 Å². The Morgan fingerprint density at radius 3 is 2.80 bits per heavy atom. The van der Waals surface area contributed by atoms with E-state index in [0.717, 1.165) is 25.3 Å². The van der Waals surface area contributed by atoms with Crippen LogP contribution in [0.1, 0.15) is 26.1 Å². The third kappa shape index (κ3) is 4.44. The maximum absolute atomic E-state index is 9.19. The molecule has 4 heteroatoms. The number of aliphatic hydroxyl groups excluding tert-OH is 1. The third-order valence-electron chi connectivity index (χ3n) is 2.46. The second-order valence-electron chi connectivity index (χ2n) is 4.11.